The smallest absolute Gasteiger partial charge is 0.252 e. The number of rotatable bonds is 4. The predicted molar refractivity (Wildman–Crippen MR) is 147 cm³/mol. The van der Waals surface area contributed by atoms with Crippen molar-refractivity contribution in [3.63, 3.8) is 0 Å². The van der Waals surface area contributed by atoms with Crippen LogP contribution < -0.4 is 10.2 Å². The first-order chi connectivity index (χ1) is 18.1. The second-order valence-electron chi connectivity index (χ2n) is 9.54. The molecule has 1 aliphatic carbocycles. The predicted octanol–water partition coefficient (Wildman–Crippen LogP) is 5.67. The van der Waals surface area contributed by atoms with E-state index < -0.39 is 0 Å². The van der Waals surface area contributed by atoms with Gasteiger partial charge in [0.05, 0.1) is 22.6 Å². The summed E-state index contributed by atoms with van der Waals surface area (Å²) in [6.07, 6.45) is 3.46. The summed E-state index contributed by atoms with van der Waals surface area (Å²) >= 11 is 0. The van der Waals surface area contributed by atoms with Crippen LogP contribution in [-0.2, 0) is 0 Å². The van der Waals surface area contributed by atoms with Crippen molar-refractivity contribution >= 4 is 33.7 Å². The Morgan fingerprint density at radius 1 is 0.946 bits per heavy atom. The normalized spacial score (nSPS) is 14.1. The van der Waals surface area contributed by atoms with E-state index in [0.717, 1.165) is 55.7 Å². The zero-order valence-corrected chi connectivity index (χ0v) is 20.4. The summed E-state index contributed by atoms with van der Waals surface area (Å²) in [5.41, 5.74) is 9.66. The number of pyridine rings is 1. The maximum Gasteiger partial charge on any atom is 0.252 e. The van der Waals surface area contributed by atoms with Gasteiger partial charge >= 0.3 is 0 Å². The van der Waals surface area contributed by atoms with Crippen molar-refractivity contribution in [2.75, 3.05) is 19.0 Å². The van der Waals surface area contributed by atoms with Crippen molar-refractivity contribution in [3.05, 3.63) is 102 Å². The number of imidazole rings is 1. The zero-order valence-electron chi connectivity index (χ0n) is 20.4. The van der Waals surface area contributed by atoms with Crippen LogP contribution in [-0.4, -0.2) is 39.9 Å². The van der Waals surface area contributed by atoms with Crippen LogP contribution in [0.15, 0.2) is 85.2 Å². The molecule has 6 aromatic rings. The fourth-order valence-corrected chi connectivity index (χ4v) is 5.38. The summed E-state index contributed by atoms with van der Waals surface area (Å²) < 4.78 is 0. The number of benzene rings is 3. The topological polar surface area (TPSA) is 89.7 Å². The third-order valence-electron chi connectivity index (χ3n) is 7.17. The molecule has 0 saturated heterocycles. The molecule has 0 fully saturated rings. The highest BCUT2D eigenvalue weighted by atomic mass is 16.1. The Kier molecular flexibility index (Phi) is 4.66. The van der Waals surface area contributed by atoms with Gasteiger partial charge in [-0.25, -0.2) is 9.97 Å². The molecule has 1 aliphatic rings. The minimum Gasteiger partial charge on any atom is -0.378 e. The molecule has 0 aliphatic heterocycles. The van der Waals surface area contributed by atoms with Gasteiger partial charge in [0.1, 0.15) is 11.5 Å². The van der Waals surface area contributed by atoms with E-state index in [2.05, 4.69) is 61.6 Å². The molecule has 1 unspecified atom stereocenters. The summed E-state index contributed by atoms with van der Waals surface area (Å²) in [6.45, 7) is 0. The van der Waals surface area contributed by atoms with Gasteiger partial charge in [0, 0.05) is 43.1 Å². The fraction of sp³-hybridized carbons (Fsp3) is 0.100. The lowest BCUT2D eigenvalue weighted by atomic mass is 9.98. The summed E-state index contributed by atoms with van der Waals surface area (Å²) in [5.74, 6) is 0.678. The number of nitrogens with one attached hydrogen (secondary N) is 3. The minimum absolute atomic E-state index is 0.134. The molecule has 1 atom stereocenters. The van der Waals surface area contributed by atoms with E-state index in [1.807, 2.05) is 44.4 Å². The average Bonchev–Trinajstić information content (AvgIpc) is 3.64. The van der Waals surface area contributed by atoms with Gasteiger partial charge in [0.15, 0.2) is 0 Å². The molecule has 3 heterocycles. The molecule has 7 heteroatoms. The van der Waals surface area contributed by atoms with Crippen molar-refractivity contribution in [2.24, 2.45) is 0 Å². The van der Waals surface area contributed by atoms with Crippen LogP contribution in [0.1, 0.15) is 27.5 Å². The van der Waals surface area contributed by atoms with E-state index in [9.17, 15) is 4.79 Å². The fourth-order valence-electron chi connectivity index (χ4n) is 5.38. The number of amides is 1. The monoisotopic (exact) mass is 484 g/mol. The summed E-state index contributed by atoms with van der Waals surface area (Å²) in [6, 6.07) is 24.1. The molecule has 3 N–H and O–H groups in total. The maximum absolute atomic E-state index is 13.5. The number of carbonyl (C=O) groups is 1. The third kappa shape index (κ3) is 3.31. The van der Waals surface area contributed by atoms with Crippen molar-refractivity contribution < 1.29 is 4.79 Å². The SMILES string of the molecule is CN(C)c1ccc2nc(-c3cccc4c3-c3ccccc3C4NC(=O)c3ccnc4[nH]ccc34)[nH]c2c1. The number of aromatic amines is 2. The Bertz CT molecular complexity index is 1830. The second kappa shape index (κ2) is 8.06. The van der Waals surface area contributed by atoms with Crippen LogP contribution in [0.2, 0.25) is 0 Å². The van der Waals surface area contributed by atoms with Crippen molar-refractivity contribution in [1.29, 1.82) is 0 Å². The first-order valence-electron chi connectivity index (χ1n) is 12.2. The third-order valence-corrected chi connectivity index (χ3v) is 7.17. The van der Waals surface area contributed by atoms with Crippen molar-refractivity contribution in [2.45, 2.75) is 6.04 Å². The summed E-state index contributed by atoms with van der Waals surface area (Å²) in [7, 11) is 4.06. The number of hydrogen-bond acceptors (Lipinski definition) is 4. The van der Waals surface area contributed by atoms with E-state index in [0.29, 0.717) is 11.2 Å². The first-order valence-corrected chi connectivity index (χ1v) is 12.2. The van der Waals surface area contributed by atoms with E-state index in [4.69, 9.17) is 4.98 Å². The molecule has 0 saturated carbocycles. The molecule has 7 rings (SSSR count). The van der Waals surface area contributed by atoms with Gasteiger partial charge in [-0.3, -0.25) is 4.79 Å². The van der Waals surface area contributed by atoms with Crippen LogP contribution >= 0.6 is 0 Å². The lowest BCUT2D eigenvalue weighted by Crippen LogP contribution is -2.28. The summed E-state index contributed by atoms with van der Waals surface area (Å²) in [4.78, 5) is 31.4. The lowest BCUT2D eigenvalue weighted by Gasteiger charge is -2.16. The average molecular weight is 485 g/mol. The van der Waals surface area contributed by atoms with Crippen LogP contribution in [0.5, 0.6) is 0 Å². The van der Waals surface area contributed by atoms with Crippen molar-refractivity contribution in [1.82, 2.24) is 25.3 Å². The maximum atomic E-state index is 13.5. The number of nitrogens with zero attached hydrogens (tertiary/aromatic N) is 3. The number of anilines is 1. The lowest BCUT2D eigenvalue weighted by molar-refractivity contribution is 0.0945. The minimum atomic E-state index is -0.273. The molecular weight excluding hydrogens is 460 g/mol. The summed E-state index contributed by atoms with van der Waals surface area (Å²) in [5, 5.41) is 4.10. The highest BCUT2D eigenvalue weighted by molar-refractivity contribution is 6.06. The largest absolute Gasteiger partial charge is 0.378 e. The van der Waals surface area contributed by atoms with E-state index in [1.165, 1.54) is 0 Å². The number of aromatic nitrogens is 4. The zero-order chi connectivity index (χ0) is 25.1. The quantitative estimate of drug-likeness (QED) is 0.301. The molecule has 3 aromatic carbocycles. The Hall–Kier alpha value is -4.91. The molecule has 0 spiro atoms. The van der Waals surface area contributed by atoms with E-state index in [-0.39, 0.29) is 11.9 Å². The molecule has 7 nitrogen and oxygen atoms in total. The molecule has 180 valence electrons. The second-order valence-corrected chi connectivity index (χ2v) is 9.54. The molecule has 0 radical (unpaired) electrons. The van der Waals surface area contributed by atoms with Gasteiger partial charge in [-0.1, -0.05) is 42.5 Å². The molecule has 37 heavy (non-hydrogen) atoms. The van der Waals surface area contributed by atoms with E-state index >= 15 is 0 Å². The van der Waals surface area contributed by atoms with E-state index in [1.54, 1.807) is 18.5 Å². The number of fused-ring (bicyclic) bond motifs is 5. The van der Waals surface area contributed by atoms with Crippen LogP contribution in [0.25, 0.3) is 44.6 Å². The Morgan fingerprint density at radius 3 is 2.68 bits per heavy atom. The number of hydrogen-bond donors (Lipinski definition) is 3. The Labute approximate surface area is 213 Å². The first kappa shape index (κ1) is 21.4. The Morgan fingerprint density at radius 2 is 1.78 bits per heavy atom. The van der Waals surface area contributed by atoms with Gasteiger partial charge in [-0.2, -0.15) is 0 Å². The molecular formula is C30H24N6O. The molecule has 3 aromatic heterocycles. The van der Waals surface area contributed by atoms with Crippen LogP contribution in [0, 0.1) is 0 Å². The van der Waals surface area contributed by atoms with Gasteiger partial charge < -0.3 is 20.2 Å². The van der Waals surface area contributed by atoms with Gasteiger partial charge in [0.2, 0.25) is 0 Å². The van der Waals surface area contributed by atoms with Crippen LogP contribution in [0.3, 0.4) is 0 Å². The van der Waals surface area contributed by atoms with Crippen LogP contribution in [0.4, 0.5) is 5.69 Å². The van der Waals surface area contributed by atoms with Gasteiger partial charge in [-0.15, -0.1) is 0 Å². The number of carbonyl (C=O) groups excluding carboxylic acids is 1. The Balaban J connectivity index is 1.34. The molecule has 0 bridgehead atoms. The standard InChI is InChI=1S/C30H24N6O/c1-36(2)17-10-11-24-25(16-17)34-29(33-24)23-9-5-8-22-26(23)18-6-3-4-7-19(18)27(22)35-30(37)21-13-15-32-28-20(21)12-14-31-28/h3-16,27H,1-2H3,(H,31,32)(H,33,34)(H,35,37). The highest BCUT2D eigenvalue weighted by Gasteiger charge is 2.32. The van der Waals surface area contributed by atoms with Gasteiger partial charge in [-0.05, 0) is 52.6 Å². The number of H-pyrrole nitrogens is 2. The van der Waals surface area contributed by atoms with Crippen molar-refractivity contribution in [3.8, 4) is 22.5 Å². The van der Waals surface area contributed by atoms with Gasteiger partial charge in [0.25, 0.3) is 5.91 Å². The molecule has 1 amide bonds. The highest BCUT2D eigenvalue weighted by Crippen LogP contribution is 2.47.